The van der Waals surface area contributed by atoms with Gasteiger partial charge in [0, 0.05) is 18.9 Å². The van der Waals surface area contributed by atoms with Crippen molar-refractivity contribution in [3.63, 3.8) is 0 Å². The molecule has 1 nitrogen and oxygen atoms in total. The van der Waals surface area contributed by atoms with Gasteiger partial charge in [0.15, 0.2) is 0 Å². The molecule has 0 N–H and O–H groups in total. The molecule has 0 fully saturated rings. The molecule has 0 saturated carbocycles. The second-order valence-electron chi connectivity index (χ2n) is 3.59. The predicted octanol–water partition coefficient (Wildman–Crippen LogP) is 3.04. The van der Waals surface area contributed by atoms with Crippen LogP contribution in [0.4, 0.5) is 8.78 Å². The molecule has 1 rings (SSSR count). The molecule has 0 aliphatic heterocycles. The lowest BCUT2D eigenvalue weighted by atomic mass is 10.0. The van der Waals surface area contributed by atoms with Gasteiger partial charge in [0.05, 0.1) is 0 Å². The van der Waals surface area contributed by atoms with Crippen LogP contribution >= 0.6 is 0 Å². The first kappa shape index (κ1) is 11.6. The highest BCUT2D eigenvalue weighted by Gasteiger charge is 2.09. The van der Waals surface area contributed by atoms with Gasteiger partial charge in [-0.1, -0.05) is 18.2 Å². The molecule has 0 amide bonds. The molecular formula is C12H12F2O. The number of halogens is 2. The second-order valence-corrected chi connectivity index (χ2v) is 3.59. The molecule has 0 heterocycles. The Morgan fingerprint density at radius 2 is 2.07 bits per heavy atom. The number of hydrogen-bond donors (Lipinski definition) is 0. The Kier molecular flexibility index (Phi) is 3.72. The van der Waals surface area contributed by atoms with Crippen molar-refractivity contribution in [1.82, 2.24) is 0 Å². The molecule has 15 heavy (non-hydrogen) atoms. The summed E-state index contributed by atoms with van der Waals surface area (Å²) < 4.78 is 25.7. The summed E-state index contributed by atoms with van der Waals surface area (Å²) in [4.78, 5) is 11.3. The van der Waals surface area contributed by atoms with E-state index >= 15 is 0 Å². The molecule has 80 valence electrons. The number of allylic oxidation sites excluding steroid dienone is 1. The zero-order chi connectivity index (χ0) is 11.4. The summed E-state index contributed by atoms with van der Waals surface area (Å²) in [6, 6.07) is 3.22. The van der Waals surface area contributed by atoms with Crippen LogP contribution in [0.1, 0.15) is 18.9 Å². The van der Waals surface area contributed by atoms with E-state index in [0.29, 0.717) is 0 Å². The van der Waals surface area contributed by atoms with Crippen LogP contribution < -0.4 is 0 Å². The highest BCUT2D eigenvalue weighted by atomic mass is 19.1. The van der Waals surface area contributed by atoms with Gasteiger partial charge in [-0.3, -0.25) is 4.79 Å². The van der Waals surface area contributed by atoms with Crippen LogP contribution in [-0.2, 0) is 11.2 Å². The zero-order valence-electron chi connectivity index (χ0n) is 8.52. The third-order valence-corrected chi connectivity index (χ3v) is 1.90. The van der Waals surface area contributed by atoms with Crippen LogP contribution in [0, 0.1) is 11.6 Å². The minimum Gasteiger partial charge on any atom is -0.299 e. The smallest absolute Gasteiger partial charge is 0.141 e. The van der Waals surface area contributed by atoms with Crippen molar-refractivity contribution >= 4 is 5.78 Å². The van der Waals surface area contributed by atoms with Crippen LogP contribution in [0.5, 0.6) is 0 Å². The third-order valence-electron chi connectivity index (χ3n) is 1.90. The normalized spacial score (nSPS) is 10.1. The van der Waals surface area contributed by atoms with Gasteiger partial charge in [-0.2, -0.15) is 0 Å². The molecule has 0 spiro atoms. The predicted molar refractivity (Wildman–Crippen MR) is 54.5 cm³/mol. The number of ketones is 1. The SMILES string of the molecule is C=C(C)CC(=O)Cc1ccc(F)cc1F. The van der Waals surface area contributed by atoms with Gasteiger partial charge in [-0.15, -0.1) is 0 Å². The summed E-state index contributed by atoms with van der Waals surface area (Å²) in [5.41, 5.74) is 0.963. The maximum absolute atomic E-state index is 13.1. The van der Waals surface area contributed by atoms with Crippen LogP contribution in [0.15, 0.2) is 30.4 Å². The number of hydrogen-bond acceptors (Lipinski definition) is 1. The van der Waals surface area contributed by atoms with Crippen molar-refractivity contribution < 1.29 is 13.6 Å². The first-order valence-electron chi connectivity index (χ1n) is 4.59. The van der Waals surface area contributed by atoms with Gasteiger partial charge < -0.3 is 0 Å². The van der Waals surface area contributed by atoms with E-state index in [9.17, 15) is 13.6 Å². The van der Waals surface area contributed by atoms with Crippen LogP contribution in [0.25, 0.3) is 0 Å². The van der Waals surface area contributed by atoms with Crippen molar-refractivity contribution in [2.45, 2.75) is 19.8 Å². The highest BCUT2D eigenvalue weighted by molar-refractivity contribution is 5.82. The first-order chi connectivity index (χ1) is 6.99. The van der Waals surface area contributed by atoms with Gasteiger partial charge in [0.2, 0.25) is 0 Å². The van der Waals surface area contributed by atoms with E-state index in [2.05, 4.69) is 6.58 Å². The van der Waals surface area contributed by atoms with E-state index in [-0.39, 0.29) is 24.2 Å². The molecule has 0 atom stereocenters. The van der Waals surface area contributed by atoms with Crippen LogP contribution in [0.2, 0.25) is 0 Å². The molecule has 0 aromatic heterocycles. The molecule has 0 unspecified atom stereocenters. The molecule has 0 saturated heterocycles. The Labute approximate surface area is 87.4 Å². The van der Waals surface area contributed by atoms with E-state index < -0.39 is 11.6 Å². The zero-order valence-corrected chi connectivity index (χ0v) is 8.52. The van der Waals surface area contributed by atoms with E-state index in [1.54, 1.807) is 6.92 Å². The van der Waals surface area contributed by atoms with E-state index in [0.717, 1.165) is 17.7 Å². The third kappa shape index (κ3) is 3.62. The quantitative estimate of drug-likeness (QED) is 0.698. The minimum atomic E-state index is -0.676. The van der Waals surface area contributed by atoms with Gasteiger partial charge in [-0.25, -0.2) is 8.78 Å². The molecule has 0 aliphatic rings. The van der Waals surface area contributed by atoms with Crippen molar-refractivity contribution in [2.24, 2.45) is 0 Å². The van der Waals surface area contributed by atoms with Crippen molar-refractivity contribution in [2.75, 3.05) is 0 Å². The summed E-state index contributed by atoms with van der Waals surface area (Å²) in [5, 5.41) is 0. The Hall–Kier alpha value is -1.51. The molecule has 3 heteroatoms. The molecule has 0 aliphatic carbocycles. The molecular weight excluding hydrogens is 198 g/mol. The number of benzene rings is 1. The van der Waals surface area contributed by atoms with Gasteiger partial charge >= 0.3 is 0 Å². The number of carbonyl (C=O) groups is 1. The van der Waals surface area contributed by atoms with Crippen molar-refractivity contribution in [1.29, 1.82) is 0 Å². The summed E-state index contributed by atoms with van der Waals surface area (Å²) >= 11 is 0. The Balaban J connectivity index is 2.72. The molecule has 1 aromatic rings. The van der Waals surface area contributed by atoms with Crippen LogP contribution in [0.3, 0.4) is 0 Å². The average Bonchev–Trinajstić information content (AvgIpc) is 2.08. The Bertz CT molecular complexity index is 397. The fourth-order valence-electron chi connectivity index (χ4n) is 1.28. The summed E-state index contributed by atoms with van der Waals surface area (Å²) in [7, 11) is 0. The van der Waals surface area contributed by atoms with Crippen LogP contribution in [-0.4, -0.2) is 5.78 Å². The topological polar surface area (TPSA) is 17.1 Å². The molecule has 0 radical (unpaired) electrons. The lowest BCUT2D eigenvalue weighted by Gasteiger charge is -2.02. The summed E-state index contributed by atoms with van der Waals surface area (Å²) in [6.45, 7) is 5.33. The fourth-order valence-corrected chi connectivity index (χ4v) is 1.28. The Morgan fingerprint density at radius 1 is 1.40 bits per heavy atom. The maximum Gasteiger partial charge on any atom is 0.141 e. The monoisotopic (exact) mass is 210 g/mol. The lowest BCUT2D eigenvalue weighted by Crippen LogP contribution is -2.04. The standard InChI is InChI=1S/C12H12F2O/c1-8(2)5-11(15)6-9-3-4-10(13)7-12(9)14/h3-4,7H,1,5-6H2,2H3. The van der Waals surface area contributed by atoms with Gasteiger partial charge in [-0.05, 0) is 18.6 Å². The van der Waals surface area contributed by atoms with Gasteiger partial charge in [0.1, 0.15) is 17.4 Å². The average molecular weight is 210 g/mol. The van der Waals surface area contributed by atoms with E-state index in [1.165, 1.54) is 6.07 Å². The van der Waals surface area contributed by atoms with E-state index in [1.807, 2.05) is 0 Å². The van der Waals surface area contributed by atoms with Gasteiger partial charge in [0.25, 0.3) is 0 Å². The second kappa shape index (κ2) is 4.82. The maximum atomic E-state index is 13.1. The Morgan fingerprint density at radius 3 is 2.60 bits per heavy atom. The lowest BCUT2D eigenvalue weighted by molar-refractivity contribution is -0.117. The summed E-state index contributed by atoms with van der Waals surface area (Å²) in [5.74, 6) is -1.43. The highest BCUT2D eigenvalue weighted by Crippen LogP contribution is 2.12. The number of rotatable bonds is 4. The summed E-state index contributed by atoms with van der Waals surface area (Å²) in [6.07, 6.45) is 0.218. The number of carbonyl (C=O) groups excluding carboxylic acids is 1. The fraction of sp³-hybridized carbons (Fsp3) is 0.250. The molecule has 1 aromatic carbocycles. The van der Waals surface area contributed by atoms with E-state index in [4.69, 9.17) is 0 Å². The molecule has 0 bridgehead atoms. The first-order valence-corrected chi connectivity index (χ1v) is 4.59. The minimum absolute atomic E-state index is 0.0149. The van der Waals surface area contributed by atoms with Crippen molar-refractivity contribution in [3.8, 4) is 0 Å². The number of Topliss-reactive ketones (excluding diaryl/α,β-unsaturated/α-hetero) is 1. The largest absolute Gasteiger partial charge is 0.299 e. The van der Waals surface area contributed by atoms with Crippen molar-refractivity contribution in [3.05, 3.63) is 47.5 Å².